The average molecular weight is 264 g/mol. The zero-order chi connectivity index (χ0) is 12.3. The number of anilines is 1. The lowest BCUT2D eigenvalue weighted by Crippen LogP contribution is -1.92. The minimum Gasteiger partial charge on any atom is -0.398 e. The fraction of sp³-hybridized carbons (Fsp3) is 0.143. The number of hydrogen-bond donors (Lipinski definition) is 1. The van der Waals surface area contributed by atoms with Gasteiger partial charge in [-0.25, -0.2) is 0 Å². The van der Waals surface area contributed by atoms with E-state index in [4.69, 9.17) is 17.3 Å². The van der Waals surface area contributed by atoms with Gasteiger partial charge in [0.2, 0.25) is 0 Å². The second-order valence-corrected chi connectivity index (χ2v) is 5.67. The fourth-order valence-electron chi connectivity index (χ4n) is 1.59. The quantitative estimate of drug-likeness (QED) is 0.637. The molecule has 17 heavy (non-hydrogen) atoms. The number of hydrogen-bond acceptors (Lipinski definition) is 2. The molecule has 0 aliphatic heterocycles. The summed E-state index contributed by atoms with van der Waals surface area (Å²) in [5, 5.41) is 1.08. The molecule has 0 amide bonds. The molecular weight excluding hydrogens is 250 g/mol. The summed E-state index contributed by atoms with van der Waals surface area (Å²) in [6.45, 7) is 2.17. The molecule has 0 heterocycles. The molecule has 1 nitrogen and oxygen atoms in total. The first-order valence-electron chi connectivity index (χ1n) is 5.43. The third-order valence-electron chi connectivity index (χ3n) is 2.55. The van der Waals surface area contributed by atoms with Crippen molar-refractivity contribution >= 4 is 29.1 Å². The summed E-state index contributed by atoms with van der Waals surface area (Å²) < 4.78 is 0. The van der Waals surface area contributed by atoms with Crippen LogP contribution in [0.15, 0.2) is 53.4 Å². The molecule has 0 bridgehead atoms. The number of nitrogen functional groups attached to an aromatic ring is 1. The summed E-state index contributed by atoms with van der Waals surface area (Å²) in [5.41, 5.74) is 8.00. The molecule has 2 aromatic rings. The van der Waals surface area contributed by atoms with E-state index in [1.54, 1.807) is 11.8 Å². The molecule has 0 saturated carbocycles. The molecule has 2 rings (SSSR count). The van der Waals surface area contributed by atoms with E-state index in [2.05, 4.69) is 19.1 Å². The van der Waals surface area contributed by atoms with E-state index in [9.17, 15) is 0 Å². The van der Waals surface area contributed by atoms with Gasteiger partial charge in [0, 0.05) is 20.9 Å². The van der Waals surface area contributed by atoms with Crippen LogP contribution in [0.3, 0.4) is 0 Å². The largest absolute Gasteiger partial charge is 0.398 e. The van der Waals surface area contributed by atoms with Crippen LogP contribution in [0.25, 0.3) is 0 Å². The van der Waals surface area contributed by atoms with E-state index in [0.29, 0.717) is 5.25 Å². The summed E-state index contributed by atoms with van der Waals surface area (Å²) in [6, 6.07) is 15.9. The molecule has 88 valence electrons. The van der Waals surface area contributed by atoms with E-state index in [1.807, 2.05) is 36.4 Å². The van der Waals surface area contributed by atoms with E-state index in [1.165, 1.54) is 5.56 Å². The Labute approximate surface area is 111 Å². The summed E-state index contributed by atoms with van der Waals surface area (Å²) in [7, 11) is 0. The van der Waals surface area contributed by atoms with Gasteiger partial charge in [-0.3, -0.25) is 0 Å². The zero-order valence-corrected chi connectivity index (χ0v) is 11.1. The summed E-state index contributed by atoms with van der Waals surface area (Å²) in [6.07, 6.45) is 0. The highest BCUT2D eigenvalue weighted by atomic mass is 35.5. The minimum absolute atomic E-state index is 0.358. The monoisotopic (exact) mass is 263 g/mol. The van der Waals surface area contributed by atoms with Gasteiger partial charge in [0.25, 0.3) is 0 Å². The Balaban J connectivity index is 2.18. The van der Waals surface area contributed by atoms with Gasteiger partial charge in [0.1, 0.15) is 0 Å². The first-order valence-corrected chi connectivity index (χ1v) is 6.69. The highest BCUT2D eigenvalue weighted by Gasteiger charge is 2.09. The van der Waals surface area contributed by atoms with Gasteiger partial charge in [0.15, 0.2) is 0 Å². The van der Waals surface area contributed by atoms with E-state index in [0.717, 1.165) is 15.6 Å². The Morgan fingerprint density at radius 2 is 1.82 bits per heavy atom. The van der Waals surface area contributed by atoms with Gasteiger partial charge in [0.05, 0.1) is 0 Å². The van der Waals surface area contributed by atoms with Crippen molar-refractivity contribution in [1.29, 1.82) is 0 Å². The topological polar surface area (TPSA) is 26.0 Å². The normalized spacial score (nSPS) is 12.4. The predicted molar refractivity (Wildman–Crippen MR) is 76.6 cm³/mol. The molecule has 1 atom stereocenters. The number of halogens is 1. The van der Waals surface area contributed by atoms with Crippen LogP contribution in [-0.4, -0.2) is 0 Å². The lowest BCUT2D eigenvalue weighted by molar-refractivity contribution is 1.10. The third-order valence-corrected chi connectivity index (χ3v) is 4.02. The summed E-state index contributed by atoms with van der Waals surface area (Å²) in [5.74, 6) is 0. The first kappa shape index (κ1) is 12.3. The Morgan fingerprint density at radius 3 is 2.53 bits per heavy atom. The molecule has 2 N–H and O–H groups in total. The van der Waals surface area contributed by atoms with Crippen LogP contribution in [0.5, 0.6) is 0 Å². The maximum absolute atomic E-state index is 5.98. The molecule has 1 unspecified atom stereocenters. The van der Waals surface area contributed by atoms with Gasteiger partial charge in [-0.15, -0.1) is 11.8 Å². The Morgan fingerprint density at radius 1 is 1.12 bits per heavy atom. The molecular formula is C14H14ClNS. The van der Waals surface area contributed by atoms with Crippen molar-refractivity contribution in [3.8, 4) is 0 Å². The maximum atomic E-state index is 5.98. The standard InChI is InChI=1S/C14H14ClNS/c1-10(11-5-3-2-4-6-11)17-14-9-12(15)7-8-13(14)16/h2-10H,16H2,1H3. The van der Waals surface area contributed by atoms with Crippen molar-refractivity contribution in [2.45, 2.75) is 17.1 Å². The smallest absolute Gasteiger partial charge is 0.0453 e. The second kappa shape index (κ2) is 5.48. The molecule has 0 radical (unpaired) electrons. The van der Waals surface area contributed by atoms with Crippen molar-refractivity contribution < 1.29 is 0 Å². The lowest BCUT2D eigenvalue weighted by atomic mass is 10.2. The van der Waals surface area contributed by atoms with Crippen molar-refractivity contribution in [3.05, 3.63) is 59.1 Å². The molecule has 0 spiro atoms. The van der Waals surface area contributed by atoms with Crippen molar-refractivity contribution in [3.63, 3.8) is 0 Å². The Kier molecular flexibility index (Phi) is 3.97. The van der Waals surface area contributed by atoms with Crippen LogP contribution in [0, 0.1) is 0 Å². The molecule has 2 aromatic carbocycles. The van der Waals surface area contributed by atoms with Crippen LogP contribution in [-0.2, 0) is 0 Å². The molecule has 0 aromatic heterocycles. The number of benzene rings is 2. The van der Waals surface area contributed by atoms with Crippen LogP contribution in [0.1, 0.15) is 17.7 Å². The average Bonchev–Trinajstić information content (AvgIpc) is 2.35. The maximum Gasteiger partial charge on any atom is 0.0453 e. The van der Waals surface area contributed by atoms with Crippen LogP contribution >= 0.6 is 23.4 Å². The zero-order valence-electron chi connectivity index (χ0n) is 9.56. The van der Waals surface area contributed by atoms with Crippen molar-refractivity contribution in [1.82, 2.24) is 0 Å². The SMILES string of the molecule is CC(Sc1cc(Cl)ccc1N)c1ccccc1. The molecule has 0 aliphatic rings. The van der Waals surface area contributed by atoms with E-state index < -0.39 is 0 Å². The van der Waals surface area contributed by atoms with Gasteiger partial charge in [-0.1, -0.05) is 41.9 Å². The van der Waals surface area contributed by atoms with Gasteiger partial charge >= 0.3 is 0 Å². The predicted octanol–water partition coefficient (Wildman–Crippen LogP) is 4.78. The van der Waals surface area contributed by atoms with Crippen LogP contribution < -0.4 is 5.73 Å². The van der Waals surface area contributed by atoms with E-state index in [-0.39, 0.29) is 0 Å². The molecule has 3 heteroatoms. The fourth-order valence-corrected chi connectivity index (χ4v) is 2.90. The van der Waals surface area contributed by atoms with Crippen LogP contribution in [0.2, 0.25) is 5.02 Å². The molecule has 0 fully saturated rings. The molecule has 0 aliphatic carbocycles. The highest BCUT2D eigenvalue weighted by Crippen LogP contribution is 2.38. The van der Waals surface area contributed by atoms with Crippen LogP contribution in [0.4, 0.5) is 5.69 Å². The number of nitrogens with two attached hydrogens (primary N) is 1. The summed E-state index contributed by atoms with van der Waals surface area (Å²) in [4.78, 5) is 1.04. The number of rotatable bonds is 3. The first-order chi connectivity index (χ1) is 8.16. The second-order valence-electron chi connectivity index (χ2n) is 3.85. The Bertz CT molecular complexity index is 499. The van der Waals surface area contributed by atoms with Gasteiger partial charge in [-0.05, 0) is 30.7 Å². The highest BCUT2D eigenvalue weighted by molar-refractivity contribution is 7.99. The number of thioether (sulfide) groups is 1. The van der Waals surface area contributed by atoms with Gasteiger partial charge in [-0.2, -0.15) is 0 Å². The van der Waals surface area contributed by atoms with Crippen molar-refractivity contribution in [2.24, 2.45) is 0 Å². The van der Waals surface area contributed by atoms with E-state index >= 15 is 0 Å². The minimum atomic E-state index is 0.358. The lowest BCUT2D eigenvalue weighted by Gasteiger charge is -2.13. The van der Waals surface area contributed by atoms with Gasteiger partial charge < -0.3 is 5.73 Å². The molecule has 0 saturated heterocycles. The third kappa shape index (κ3) is 3.18. The Hall–Kier alpha value is -1.12. The summed E-state index contributed by atoms with van der Waals surface area (Å²) >= 11 is 7.71. The van der Waals surface area contributed by atoms with Crippen molar-refractivity contribution in [2.75, 3.05) is 5.73 Å².